The van der Waals surface area contributed by atoms with Crippen molar-refractivity contribution < 1.29 is 9.50 Å². The molecular formula is C14H11ClFN3OS. The van der Waals surface area contributed by atoms with Crippen LogP contribution in [0, 0.1) is 5.82 Å². The van der Waals surface area contributed by atoms with Crippen molar-refractivity contribution in [3.63, 3.8) is 0 Å². The third kappa shape index (κ3) is 4.70. The molecule has 0 aliphatic carbocycles. The van der Waals surface area contributed by atoms with Crippen LogP contribution in [-0.2, 0) is 0 Å². The minimum Gasteiger partial charge on any atom is -0.507 e. The molecule has 0 unspecified atom stereocenters. The Morgan fingerprint density at radius 1 is 1.24 bits per heavy atom. The molecule has 21 heavy (non-hydrogen) atoms. The molecule has 0 amide bonds. The van der Waals surface area contributed by atoms with Crippen LogP contribution in [0.3, 0.4) is 0 Å². The van der Waals surface area contributed by atoms with Crippen molar-refractivity contribution in [1.29, 1.82) is 0 Å². The van der Waals surface area contributed by atoms with E-state index in [1.807, 2.05) is 0 Å². The molecule has 0 spiro atoms. The molecule has 0 aliphatic heterocycles. The Hall–Kier alpha value is -2.18. The van der Waals surface area contributed by atoms with E-state index < -0.39 is 0 Å². The SMILES string of the molecule is Oc1ccc(Cl)cc1/C=N/NC(=S)Nc1ccc(F)cc1. The van der Waals surface area contributed by atoms with E-state index in [9.17, 15) is 9.50 Å². The Morgan fingerprint density at radius 2 is 1.95 bits per heavy atom. The molecule has 0 fully saturated rings. The van der Waals surface area contributed by atoms with Gasteiger partial charge in [-0.1, -0.05) is 11.6 Å². The molecule has 0 aliphatic rings. The van der Waals surface area contributed by atoms with Crippen LogP contribution in [-0.4, -0.2) is 16.4 Å². The van der Waals surface area contributed by atoms with Gasteiger partial charge in [-0.25, -0.2) is 4.39 Å². The second-order valence-corrected chi connectivity index (χ2v) is 4.88. The molecule has 0 radical (unpaired) electrons. The van der Waals surface area contributed by atoms with Gasteiger partial charge in [0.25, 0.3) is 0 Å². The maximum absolute atomic E-state index is 12.8. The second kappa shape index (κ2) is 7.01. The van der Waals surface area contributed by atoms with Crippen LogP contribution in [0.2, 0.25) is 5.02 Å². The van der Waals surface area contributed by atoms with Gasteiger partial charge in [0.15, 0.2) is 5.11 Å². The lowest BCUT2D eigenvalue weighted by Crippen LogP contribution is -2.23. The van der Waals surface area contributed by atoms with Gasteiger partial charge in [0, 0.05) is 16.3 Å². The summed E-state index contributed by atoms with van der Waals surface area (Å²) in [6.45, 7) is 0. The zero-order chi connectivity index (χ0) is 15.2. The van der Waals surface area contributed by atoms with Crippen molar-refractivity contribution in [2.75, 3.05) is 5.32 Å². The van der Waals surface area contributed by atoms with Crippen molar-refractivity contribution in [2.45, 2.75) is 0 Å². The first kappa shape index (κ1) is 15.2. The van der Waals surface area contributed by atoms with E-state index in [1.165, 1.54) is 24.4 Å². The van der Waals surface area contributed by atoms with Gasteiger partial charge >= 0.3 is 0 Å². The lowest BCUT2D eigenvalue weighted by Gasteiger charge is -2.06. The third-order valence-electron chi connectivity index (χ3n) is 2.46. The van der Waals surface area contributed by atoms with E-state index in [1.54, 1.807) is 24.3 Å². The number of anilines is 1. The first-order valence-corrected chi connectivity index (χ1v) is 6.67. The highest BCUT2D eigenvalue weighted by Gasteiger charge is 2.00. The summed E-state index contributed by atoms with van der Waals surface area (Å²) in [7, 11) is 0. The van der Waals surface area contributed by atoms with Crippen LogP contribution in [0.15, 0.2) is 47.6 Å². The Morgan fingerprint density at radius 3 is 2.67 bits per heavy atom. The molecule has 2 aromatic rings. The fourth-order valence-electron chi connectivity index (χ4n) is 1.48. The summed E-state index contributed by atoms with van der Waals surface area (Å²) in [5.41, 5.74) is 3.67. The molecule has 2 aromatic carbocycles. The Labute approximate surface area is 131 Å². The fraction of sp³-hybridized carbons (Fsp3) is 0. The molecule has 108 valence electrons. The largest absolute Gasteiger partial charge is 0.507 e. The smallest absolute Gasteiger partial charge is 0.191 e. The minimum absolute atomic E-state index is 0.0577. The number of rotatable bonds is 3. The summed E-state index contributed by atoms with van der Waals surface area (Å²) in [5.74, 6) is -0.267. The van der Waals surface area contributed by atoms with Crippen molar-refractivity contribution in [3.05, 3.63) is 58.9 Å². The summed E-state index contributed by atoms with van der Waals surface area (Å²) in [6, 6.07) is 10.3. The number of halogens is 2. The van der Waals surface area contributed by atoms with E-state index in [-0.39, 0.29) is 16.7 Å². The highest BCUT2D eigenvalue weighted by atomic mass is 35.5. The van der Waals surface area contributed by atoms with E-state index in [4.69, 9.17) is 23.8 Å². The minimum atomic E-state index is -0.325. The van der Waals surface area contributed by atoms with Crippen LogP contribution in [0.4, 0.5) is 10.1 Å². The van der Waals surface area contributed by atoms with Crippen LogP contribution in [0.1, 0.15) is 5.56 Å². The lowest BCUT2D eigenvalue weighted by molar-refractivity contribution is 0.474. The summed E-state index contributed by atoms with van der Waals surface area (Å²) >= 11 is 10.8. The normalized spacial score (nSPS) is 10.6. The molecule has 4 nitrogen and oxygen atoms in total. The summed E-state index contributed by atoms with van der Waals surface area (Å²) in [4.78, 5) is 0. The Balaban J connectivity index is 1.93. The van der Waals surface area contributed by atoms with Crippen LogP contribution < -0.4 is 10.7 Å². The van der Waals surface area contributed by atoms with Gasteiger partial charge in [0.2, 0.25) is 0 Å². The standard InChI is InChI=1S/C14H11ClFN3OS/c15-10-1-6-13(20)9(7-10)8-17-19-14(21)18-12-4-2-11(16)3-5-12/h1-8,20H,(H2,18,19,21)/b17-8+. The number of phenolic OH excluding ortho intramolecular Hbond substituents is 1. The van der Waals surface area contributed by atoms with Gasteiger partial charge in [0.1, 0.15) is 11.6 Å². The third-order valence-corrected chi connectivity index (χ3v) is 2.89. The highest BCUT2D eigenvalue weighted by molar-refractivity contribution is 7.80. The molecule has 0 bridgehead atoms. The van der Waals surface area contributed by atoms with Crippen LogP contribution in [0.5, 0.6) is 5.75 Å². The van der Waals surface area contributed by atoms with Gasteiger partial charge in [0.05, 0.1) is 6.21 Å². The van der Waals surface area contributed by atoms with E-state index >= 15 is 0 Å². The number of thiocarbonyl (C=S) groups is 1. The molecular weight excluding hydrogens is 313 g/mol. The van der Waals surface area contributed by atoms with Gasteiger partial charge in [-0.3, -0.25) is 5.43 Å². The molecule has 2 rings (SSSR count). The van der Waals surface area contributed by atoms with Crippen molar-refractivity contribution >= 4 is 40.8 Å². The van der Waals surface area contributed by atoms with E-state index in [0.717, 1.165) is 0 Å². The molecule has 0 saturated heterocycles. The predicted molar refractivity (Wildman–Crippen MR) is 86.5 cm³/mol. The number of nitrogens with one attached hydrogen (secondary N) is 2. The monoisotopic (exact) mass is 323 g/mol. The molecule has 0 heterocycles. The van der Waals surface area contributed by atoms with Crippen molar-refractivity contribution in [3.8, 4) is 5.75 Å². The molecule has 0 saturated carbocycles. The van der Waals surface area contributed by atoms with Crippen LogP contribution >= 0.6 is 23.8 Å². The predicted octanol–water partition coefficient (Wildman–Crippen LogP) is 3.51. The number of benzene rings is 2. The van der Waals surface area contributed by atoms with E-state index in [0.29, 0.717) is 16.3 Å². The molecule has 0 aromatic heterocycles. The average Bonchev–Trinajstić information content (AvgIpc) is 2.45. The summed E-state index contributed by atoms with van der Waals surface area (Å²) in [5, 5.41) is 17.0. The fourth-order valence-corrected chi connectivity index (χ4v) is 1.83. The maximum Gasteiger partial charge on any atom is 0.191 e. The van der Waals surface area contributed by atoms with Gasteiger partial charge in [-0.15, -0.1) is 0 Å². The quantitative estimate of drug-likeness (QED) is 0.460. The summed E-state index contributed by atoms with van der Waals surface area (Å²) in [6.07, 6.45) is 1.39. The number of phenols is 1. The van der Waals surface area contributed by atoms with Gasteiger partial charge < -0.3 is 10.4 Å². The van der Waals surface area contributed by atoms with E-state index in [2.05, 4.69) is 15.8 Å². The number of hydrogen-bond donors (Lipinski definition) is 3. The zero-order valence-corrected chi connectivity index (χ0v) is 12.2. The second-order valence-electron chi connectivity index (χ2n) is 4.03. The topological polar surface area (TPSA) is 56.7 Å². The molecule has 3 N–H and O–H groups in total. The van der Waals surface area contributed by atoms with Gasteiger partial charge in [-0.2, -0.15) is 5.10 Å². The van der Waals surface area contributed by atoms with Crippen molar-refractivity contribution in [1.82, 2.24) is 5.43 Å². The van der Waals surface area contributed by atoms with Crippen LogP contribution in [0.25, 0.3) is 0 Å². The average molecular weight is 324 g/mol. The first-order valence-electron chi connectivity index (χ1n) is 5.89. The van der Waals surface area contributed by atoms with Crippen molar-refractivity contribution in [2.24, 2.45) is 5.10 Å². The zero-order valence-electron chi connectivity index (χ0n) is 10.7. The lowest BCUT2D eigenvalue weighted by atomic mass is 10.2. The number of hydrazone groups is 1. The first-order chi connectivity index (χ1) is 10.0. The highest BCUT2D eigenvalue weighted by Crippen LogP contribution is 2.19. The Kier molecular flexibility index (Phi) is 5.08. The van der Waals surface area contributed by atoms with Gasteiger partial charge in [-0.05, 0) is 54.7 Å². The number of aromatic hydroxyl groups is 1. The number of nitrogens with zero attached hydrogens (tertiary/aromatic N) is 1. The summed E-state index contributed by atoms with van der Waals surface area (Å²) < 4.78 is 12.8. The number of hydrogen-bond acceptors (Lipinski definition) is 3. The Bertz CT molecular complexity index is 676. The molecule has 7 heteroatoms. The maximum atomic E-state index is 12.8. The molecule has 0 atom stereocenters.